The molecule has 0 spiro atoms. The summed E-state index contributed by atoms with van der Waals surface area (Å²) in [7, 11) is 0. The van der Waals surface area contributed by atoms with E-state index in [0.29, 0.717) is 0 Å². The van der Waals surface area contributed by atoms with E-state index in [2.05, 4.69) is 4.40 Å². The van der Waals surface area contributed by atoms with Crippen LogP contribution in [0.15, 0.2) is 22.6 Å². The maximum Gasteiger partial charge on any atom is 0.285 e. The third-order valence-corrected chi connectivity index (χ3v) is 3.55. The molecular formula is C12H13F4NOS. The summed E-state index contributed by atoms with van der Waals surface area (Å²) in [5, 5.41) is 0. The zero-order chi connectivity index (χ0) is 14.8. The van der Waals surface area contributed by atoms with Crippen LogP contribution in [-0.4, -0.2) is 21.4 Å². The number of hydrogen-bond donors (Lipinski definition) is 0. The smallest absolute Gasteiger partial charge is 0.285 e. The normalized spacial score (nSPS) is 14.9. The van der Waals surface area contributed by atoms with Gasteiger partial charge >= 0.3 is 0 Å². The average molecular weight is 295 g/mol. The SMILES string of the molecule is CC(C)(C)[S+]([O-])N=C(c1cccc(F)c1F)C(F)F. The second kappa shape index (κ2) is 5.92. The van der Waals surface area contributed by atoms with Crippen LogP contribution in [0.2, 0.25) is 0 Å². The number of alkyl halides is 2. The van der Waals surface area contributed by atoms with E-state index in [1.807, 2.05) is 0 Å². The molecule has 1 unspecified atom stereocenters. The largest absolute Gasteiger partial charge is 0.591 e. The van der Waals surface area contributed by atoms with Crippen LogP contribution in [0, 0.1) is 11.6 Å². The van der Waals surface area contributed by atoms with Crippen LogP contribution >= 0.6 is 0 Å². The monoisotopic (exact) mass is 295 g/mol. The molecule has 106 valence electrons. The van der Waals surface area contributed by atoms with E-state index in [1.54, 1.807) is 0 Å². The van der Waals surface area contributed by atoms with Crippen molar-refractivity contribution in [2.24, 2.45) is 4.40 Å². The lowest BCUT2D eigenvalue weighted by Gasteiger charge is -2.19. The van der Waals surface area contributed by atoms with Crippen LogP contribution in [-0.2, 0) is 11.4 Å². The molecule has 0 heterocycles. The lowest BCUT2D eigenvalue weighted by Crippen LogP contribution is -2.28. The van der Waals surface area contributed by atoms with Gasteiger partial charge in [0.25, 0.3) is 6.43 Å². The van der Waals surface area contributed by atoms with Gasteiger partial charge in [-0.2, -0.15) is 0 Å². The van der Waals surface area contributed by atoms with Gasteiger partial charge in [-0.05, 0) is 32.9 Å². The van der Waals surface area contributed by atoms with Crippen LogP contribution in [0.5, 0.6) is 0 Å². The highest BCUT2D eigenvalue weighted by molar-refractivity contribution is 7.91. The summed E-state index contributed by atoms with van der Waals surface area (Å²) in [6, 6.07) is 2.87. The Bertz CT molecular complexity index is 485. The first-order valence-electron chi connectivity index (χ1n) is 5.37. The van der Waals surface area contributed by atoms with E-state index in [9.17, 15) is 22.1 Å². The van der Waals surface area contributed by atoms with Crippen molar-refractivity contribution in [3.63, 3.8) is 0 Å². The Hall–Kier alpha value is -1.08. The van der Waals surface area contributed by atoms with E-state index in [4.69, 9.17) is 0 Å². The molecule has 1 atom stereocenters. The predicted molar refractivity (Wildman–Crippen MR) is 66.8 cm³/mol. The molecule has 0 aliphatic carbocycles. The molecule has 19 heavy (non-hydrogen) atoms. The first-order valence-corrected chi connectivity index (χ1v) is 6.48. The maximum absolute atomic E-state index is 13.5. The minimum atomic E-state index is -3.15. The van der Waals surface area contributed by atoms with E-state index in [-0.39, 0.29) is 0 Å². The fourth-order valence-electron chi connectivity index (χ4n) is 1.13. The molecule has 1 aromatic rings. The summed E-state index contributed by atoms with van der Waals surface area (Å²) in [5.41, 5.74) is -1.68. The number of rotatable bonds is 3. The maximum atomic E-state index is 13.5. The minimum Gasteiger partial charge on any atom is -0.591 e. The Morgan fingerprint density at radius 2 is 1.84 bits per heavy atom. The molecule has 0 fully saturated rings. The molecule has 1 rings (SSSR count). The number of hydrogen-bond acceptors (Lipinski definition) is 2. The molecule has 0 saturated heterocycles. The van der Waals surface area contributed by atoms with Crippen LogP contribution in [0.1, 0.15) is 26.3 Å². The zero-order valence-electron chi connectivity index (χ0n) is 10.6. The highest BCUT2D eigenvalue weighted by Crippen LogP contribution is 2.22. The summed E-state index contributed by atoms with van der Waals surface area (Å²) < 4.78 is 66.5. The molecule has 0 aliphatic heterocycles. The van der Waals surface area contributed by atoms with Gasteiger partial charge in [-0.1, -0.05) is 10.5 Å². The van der Waals surface area contributed by atoms with E-state index >= 15 is 0 Å². The van der Waals surface area contributed by atoms with Gasteiger partial charge in [-0.25, -0.2) is 17.6 Å². The van der Waals surface area contributed by atoms with E-state index in [1.165, 1.54) is 20.8 Å². The molecule has 0 saturated carbocycles. The number of benzene rings is 1. The molecule has 2 nitrogen and oxygen atoms in total. The molecule has 0 radical (unpaired) electrons. The number of nitrogens with zero attached hydrogens (tertiary/aromatic N) is 1. The van der Waals surface area contributed by atoms with Crippen molar-refractivity contribution >= 4 is 17.1 Å². The summed E-state index contributed by atoms with van der Waals surface area (Å²) in [6.07, 6.45) is -3.15. The van der Waals surface area contributed by atoms with E-state index in [0.717, 1.165) is 18.2 Å². The van der Waals surface area contributed by atoms with Crippen molar-refractivity contribution in [2.75, 3.05) is 0 Å². The predicted octanol–water partition coefficient (Wildman–Crippen LogP) is 3.48. The molecule has 1 aromatic carbocycles. The summed E-state index contributed by atoms with van der Waals surface area (Å²) in [6.45, 7) is 4.62. The second-order valence-electron chi connectivity index (χ2n) is 4.74. The quantitative estimate of drug-likeness (QED) is 0.477. The molecule has 7 heteroatoms. The van der Waals surface area contributed by atoms with Crippen molar-refractivity contribution < 1.29 is 22.1 Å². The lowest BCUT2D eigenvalue weighted by molar-refractivity contribution is 0.226. The third-order valence-electron chi connectivity index (χ3n) is 2.14. The summed E-state index contributed by atoms with van der Waals surface area (Å²) in [4.78, 5) is 0. The van der Waals surface area contributed by atoms with Crippen LogP contribution < -0.4 is 0 Å². The van der Waals surface area contributed by atoms with Gasteiger partial charge in [0.15, 0.2) is 17.3 Å². The Labute approximate surface area is 111 Å². The van der Waals surface area contributed by atoms with Crippen molar-refractivity contribution in [3.05, 3.63) is 35.4 Å². The fourth-order valence-corrected chi connectivity index (χ4v) is 1.76. The molecule has 0 aliphatic rings. The van der Waals surface area contributed by atoms with Crippen molar-refractivity contribution in [1.82, 2.24) is 0 Å². The van der Waals surface area contributed by atoms with Crippen molar-refractivity contribution in [2.45, 2.75) is 31.9 Å². The van der Waals surface area contributed by atoms with Crippen LogP contribution in [0.4, 0.5) is 17.6 Å². The molecule has 0 aromatic heterocycles. The minimum absolute atomic E-state index is 0.674. The Balaban J connectivity index is 3.30. The van der Waals surface area contributed by atoms with Gasteiger partial charge in [-0.3, -0.25) is 0 Å². The van der Waals surface area contributed by atoms with Crippen LogP contribution in [0.3, 0.4) is 0 Å². The van der Waals surface area contributed by atoms with Crippen molar-refractivity contribution in [1.29, 1.82) is 0 Å². The van der Waals surface area contributed by atoms with Gasteiger partial charge in [0.05, 0.1) is 0 Å². The van der Waals surface area contributed by atoms with Crippen LogP contribution in [0.25, 0.3) is 0 Å². The van der Waals surface area contributed by atoms with E-state index < -0.39 is 45.4 Å². The van der Waals surface area contributed by atoms with Gasteiger partial charge in [0.2, 0.25) is 0 Å². The highest BCUT2D eigenvalue weighted by atomic mass is 32.2. The number of halogens is 4. The Morgan fingerprint density at radius 1 is 1.26 bits per heavy atom. The zero-order valence-corrected chi connectivity index (χ0v) is 11.4. The summed E-state index contributed by atoms with van der Waals surface area (Å²) in [5.74, 6) is -2.68. The first kappa shape index (κ1) is 16.0. The molecular weight excluding hydrogens is 282 g/mol. The average Bonchev–Trinajstić information content (AvgIpc) is 2.28. The van der Waals surface area contributed by atoms with Gasteiger partial charge in [0.1, 0.15) is 16.1 Å². The topological polar surface area (TPSA) is 35.4 Å². The first-order chi connectivity index (χ1) is 8.64. The third kappa shape index (κ3) is 3.94. The molecule has 0 N–H and O–H groups in total. The standard InChI is InChI=1S/C12H13F4NOS/c1-12(2,3)19(18)17-10(11(15)16)7-5-4-6-8(13)9(7)14/h4-6,11H,1-3H3. The summed E-state index contributed by atoms with van der Waals surface area (Å²) >= 11 is -1.98. The second-order valence-corrected chi connectivity index (χ2v) is 6.65. The van der Waals surface area contributed by atoms with Crippen molar-refractivity contribution in [3.8, 4) is 0 Å². The molecule has 0 bridgehead atoms. The highest BCUT2D eigenvalue weighted by Gasteiger charge is 2.31. The van der Waals surface area contributed by atoms with Gasteiger partial charge < -0.3 is 4.55 Å². The Morgan fingerprint density at radius 3 is 2.32 bits per heavy atom. The van der Waals surface area contributed by atoms with Gasteiger partial charge in [-0.15, -0.1) is 0 Å². The fraction of sp³-hybridized carbons (Fsp3) is 0.417. The Kier molecular flexibility index (Phi) is 4.98. The van der Waals surface area contributed by atoms with Gasteiger partial charge in [0, 0.05) is 5.56 Å². The lowest BCUT2D eigenvalue weighted by atomic mass is 10.1. The molecule has 0 amide bonds.